The van der Waals surface area contributed by atoms with Crippen LogP contribution in [-0.4, -0.2) is 49.7 Å². The highest BCUT2D eigenvalue weighted by Crippen LogP contribution is 2.36. The maximum atomic E-state index is 12.3. The molecule has 148 valence electrons. The summed E-state index contributed by atoms with van der Waals surface area (Å²) < 4.78 is 27.9. The van der Waals surface area contributed by atoms with Gasteiger partial charge in [-0.2, -0.15) is 13.1 Å². The van der Waals surface area contributed by atoms with E-state index in [1.54, 1.807) is 6.07 Å². The SMILES string of the molecule is CC(c1ccc2cc(O)c(N3CC(C=O)NS3(=O)=O)cc2c1)N1CCCC1=O. The Morgan fingerprint density at radius 3 is 2.68 bits per heavy atom. The lowest BCUT2D eigenvalue weighted by Crippen LogP contribution is -2.30. The monoisotopic (exact) mass is 403 g/mol. The number of likely N-dealkylation sites (tertiary alicyclic amines) is 1. The van der Waals surface area contributed by atoms with Gasteiger partial charge in [-0.15, -0.1) is 0 Å². The third-order valence-electron chi connectivity index (χ3n) is 5.40. The van der Waals surface area contributed by atoms with Gasteiger partial charge in [-0.25, -0.2) is 0 Å². The molecule has 0 saturated carbocycles. The highest BCUT2D eigenvalue weighted by molar-refractivity contribution is 7.91. The van der Waals surface area contributed by atoms with E-state index in [0.717, 1.165) is 33.6 Å². The van der Waals surface area contributed by atoms with Crippen molar-refractivity contribution in [3.63, 3.8) is 0 Å². The molecule has 2 aromatic carbocycles. The van der Waals surface area contributed by atoms with Crippen molar-refractivity contribution in [2.24, 2.45) is 0 Å². The average Bonchev–Trinajstić information content (AvgIpc) is 3.22. The zero-order valence-electron chi connectivity index (χ0n) is 15.3. The summed E-state index contributed by atoms with van der Waals surface area (Å²) in [6.07, 6.45) is 1.95. The molecule has 2 aliphatic rings. The number of aromatic hydroxyl groups is 1. The van der Waals surface area contributed by atoms with Crippen molar-refractivity contribution in [1.29, 1.82) is 0 Å². The number of carbonyl (C=O) groups excluding carboxylic acids is 2. The maximum Gasteiger partial charge on any atom is 0.302 e. The predicted octanol–water partition coefficient (Wildman–Crippen LogP) is 1.45. The van der Waals surface area contributed by atoms with Crippen LogP contribution in [0.3, 0.4) is 0 Å². The van der Waals surface area contributed by atoms with Gasteiger partial charge in [-0.05, 0) is 47.9 Å². The molecule has 2 aromatic rings. The van der Waals surface area contributed by atoms with Crippen LogP contribution in [0.1, 0.15) is 31.4 Å². The van der Waals surface area contributed by atoms with Gasteiger partial charge < -0.3 is 14.8 Å². The fourth-order valence-corrected chi connectivity index (χ4v) is 5.28. The van der Waals surface area contributed by atoms with E-state index in [4.69, 9.17) is 0 Å². The van der Waals surface area contributed by atoms with Gasteiger partial charge in [0.2, 0.25) is 5.91 Å². The normalized spacial score (nSPS) is 22.8. The van der Waals surface area contributed by atoms with Crippen molar-refractivity contribution in [2.45, 2.75) is 31.8 Å². The minimum atomic E-state index is -3.90. The number of hydrogen-bond donors (Lipinski definition) is 2. The largest absolute Gasteiger partial charge is 0.506 e. The van der Waals surface area contributed by atoms with Crippen molar-refractivity contribution < 1.29 is 23.1 Å². The number of amides is 1. The van der Waals surface area contributed by atoms with Crippen molar-refractivity contribution in [1.82, 2.24) is 9.62 Å². The quantitative estimate of drug-likeness (QED) is 0.752. The Morgan fingerprint density at radius 1 is 1.25 bits per heavy atom. The summed E-state index contributed by atoms with van der Waals surface area (Å²) in [5.74, 6) is -0.0481. The minimum Gasteiger partial charge on any atom is -0.506 e. The summed E-state index contributed by atoms with van der Waals surface area (Å²) in [4.78, 5) is 24.9. The molecule has 0 bridgehead atoms. The first-order valence-corrected chi connectivity index (χ1v) is 10.6. The molecule has 0 aromatic heterocycles. The number of aldehydes is 1. The molecule has 0 radical (unpaired) electrons. The van der Waals surface area contributed by atoms with E-state index in [2.05, 4.69) is 4.72 Å². The maximum absolute atomic E-state index is 12.3. The molecule has 2 N–H and O–H groups in total. The Labute approximate surface area is 162 Å². The molecule has 2 atom stereocenters. The molecule has 28 heavy (non-hydrogen) atoms. The lowest BCUT2D eigenvalue weighted by Gasteiger charge is -2.25. The number of nitrogens with zero attached hydrogens (tertiary/aromatic N) is 2. The summed E-state index contributed by atoms with van der Waals surface area (Å²) in [5.41, 5.74) is 1.05. The number of fused-ring (bicyclic) bond motifs is 1. The second kappa shape index (κ2) is 6.75. The molecule has 0 aliphatic carbocycles. The molecule has 2 heterocycles. The van der Waals surface area contributed by atoms with Gasteiger partial charge >= 0.3 is 10.2 Å². The number of phenols is 1. The number of anilines is 1. The van der Waals surface area contributed by atoms with E-state index >= 15 is 0 Å². The molecule has 2 fully saturated rings. The molecule has 2 unspecified atom stereocenters. The van der Waals surface area contributed by atoms with Crippen LogP contribution >= 0.6 is 0 Å². The molecule has 8 nitrogen and oxygen atoms in total. The van der Waals surface area contributed by atoms with Crippen LogP contribution in [0.4, 0.5) is 5.69 Å². The van der Waals surface area contributed by atoms with Crippen molar-refractivity contribution in [3.05, 3.63) is 35.9 Å². The second-order valence-electron chi connectivity index (χ2n) is 7.21. The highest BCUT2D eigenvalue weighted by Gasteiger charge is 2.36. The van der Waals surface area contributed by atoms with E-state index in [1.165, 1.54) is 6.07 Å². The summed E-state index contributed by atoms with van der Waals surface area (Å²) in [7, 11) is -3.90. The Morgan fingerprint density at radius 2 is 2.04 bits per heavy atom. The lowest BCUT2D eigenvalue weighted by atomic mass is 10.0. The van der Waals surface area contributed by atoms with Crippen molar-refractivity contribution in [2.75, 3.05) is 17.4 Å². The molecule has 9 heteroatoms. The van der Waals surface area contributed by atoms with Gasteiger partial charge in [-0.3, -0.25) is 9.10 Å². The van der Waals surface area contributed by atoms with Gasteiger partial charge in [0.05, 0.1) is 24.3 Å². The Hall–Kier alpha value is -2.65. The average molecular weight is 403 g/mol. The van der Waals surface area contributed by atoms with E-state index in [0.29, 0.717) is 12.7 Å². The van der Waals surface area contributed by atoms with Crippen LogP contribution in [0.15, 0.2) is 30.3 Å². The van der Waals surface area contributed by atoms with E-state index < -0.39 is 16.3 Å². The summed E-state index contributed by atoms with van der Waals surface area (Å²) in [6.45, 7) is 2.61. The van der Waals surface area contributed by atoms with Gasteiger partial charge in [0, 0.05) is 13.0 Å². The zero-order valence-corrected chi connectivity index (χ0v) is 16.1. The van der Waals surface area contributed by atoms with Gasteiger partial charge in [-0.1, -0.05) is 12.1 Å². The number of carbonyl (C=O) groups is 2. The molecular formula is C19H21N3O5S. The fraction of sp³-hybridized carbons (Fsp3) is 0.368. The number of rotatable bonds is 4. The van der Waals surface area contributed by atoms with E-state index in [-0.39, 0.29) is 29.9 Å². The third kappa shape index (κ3) is 3.10. The first-order chi connectivity index (χ1) is 13.3. The molecule has 2 saturated heterocycles. The summed E-state index contributed by atoms with van der Waals surface area (Å²) in [6, 6.07) is 7.82. The Kier molecular flexibility index (Phi) is 4.51. The second-order valence-corrected chi connectivity index (χ2v) is 8.84. The Bertz CT molecular complexity index is 1070. The van der Waals surface area contributed by atoms with Crippen LogP contribution in [0.2, 0.25) is 0 Å². The number of hydrogen-bond acceptors (Lipinski definition) is 5. The fourth-order valence-electron chi connectivity index (χ4n) is 3.88. The van der Waals surface area contributed by atoms with Gasteiger partial charge in [0.1, 0.15) is 12.0 Å². The number of phenolic OH excluding ortho intramolecular Hbond substituents is 1. The molecule has 1 amide bonds. The van der Waals surface area contributed by atoms with Gasteiger partial charge in [0.15, 0.2) is 0 Å². The smallest absolute Gasteiger partial charge is 0.302 e. The van der Waals surface area contributed by atoms with Crippen molar-refractivity contribution in [3.8, 4) is 5.75 Å². The zero-order chi connectivity index (χ0) is 20.1. The third-order valence-corrected chi connectivity index (χ3v) is 6.93. The van der Waals surface area contributed by atoms with Crippen LogP contribution in [0, 0.1) is 0 Å². The summed E-state index contributed by atoms with van der Waals surface area (Å²) >= 11 is 0. The van der Waals surface area contributed by atoms with Crippen molar-refractivity contribution >= 4 is 38.9 Å². The van der Waals surface area contributed by atoms with Crippen LogP contribution in [0.5, 0.6) is 5.75 Å². The topological polar surface area (TPSA) is 107 Å². The molecule has 0 spiro atoms. The van der Waals surface area contributed by atoms with Gasteiger partial charge in [0.25, 0.3) is 0 Å². The summed E-state index contributed by atoms with van der Waals surface area (Å²) in [5, 5.41) is 11.9. The standard InChI is InChI=1S/C19H21N3O5S/c1-12(21-6-2-3-19(21)25)13-4-5-14-9-18(24)17(8-15(14)7-13)22-10-16(11-23)20-28(22,26)27/h4-5,7-9,11-12,16,20,24H,2-3,6,10H2,1H3. The van der Waals surface area contributed by atoms with Crippen LogP contribution in [0.25, 0.3) is 10.8 Å². The van der Waals surface area contributed by atoms with E-state index in [1.807, 2.05) is 30.0 Å². The number of nitrogens with one attached hydrogen (secondary N) is 1. The van der Waals surface area contributed by atoms with Crippen LogP contribution < -0.4 is 9.03 Å². The first-order valence-electron chi connectivity index (χ1n) is 9.11. The predicted molar refractivity (Wildman–Crippen MR) is 104 cm³/mol. The molecular weight excluding hydrogens is 382 g/mol. The number of benzene rings is 2. The van der Waals surface area contributed by atoms with E-state index in [9.17, 15) is 23.1 Å². The molecule has 4 rings (SSSR count). The first kappa shape index (κ1) is 18.7. The molecule has 2 aliphatic heterocycles. The van der Waals surface area contributed by atoms with Crippen LogP contribution in [-0.2, 0) is 19.8 Å². The Balaban J connectivity index is 1.74. The highest BCUT2D eigenvalue weighted by atomic mass is 32.2. The lowest BCUT2D eigenvalue weighted by molar-refractivity contribution is -0.129. The minimum absolute atomic E-state index is 0.0801.